The van der Waals surface area contributed by atoms with Crippen LogP contribution in [0.25, 0.3) is 0 Å². The van der Waals surface area contributed by atoms with Crippen molar-refractivity contribution in [2.75, 3.05) is 13.2 Å². The van der Waals surface area contributed by atoms with Crippen molar-refractivity contribution in [3.05, 3.63) is 35.9 Å². The van der Waals surface area contributed by atoms with E-state index in [0.717, 1.165) is 38.7 Å². The van der Waals surface area contributed by atoms with Crippen molar-refractivity contribution < 1.29 is 14.2 Å². The normalized spacial score (nSPS) is 32.2. The van der Waals surface area contributed by atoms with Crippen molar-refractivity contribution in [3.8, 4) is 0 Å². The number of hydrogen-bond acceptors (Lipinski definition) is 3. The van der Waals surface area contributed by atoms with Crippen LogP contribution in [0.15, 0.2) is 30.3 Å². The van der Waals surface area contributed by atoms with Crippen LogP contribution in [0.4, 0.5) is 0 Å². The van der Waals surface area contributed by atoms with Gasteiger partial charge in [-0.2, -0.15) is 0 Å². The second-order valence-corrected chi connectivity index (χ2v) is 6.69. The van der Waals surface area contributed by atoms with Gasteiger partial charge in [-0.05, 0) is 31.2 Å². The molecule has 2 aliphatic rings. The molecule has 1 aromatic carbocycles. The number of benzene rings is 1. The highest BCUT2D eigenvalue weighted by Crippen LogP contribution is 2.44. The van der Waals surface area contributed by atoms with Crippen LogP contribution in [0.2, 0.25) is 0 Å². The molecular weight excluding hydrogens is 276 g/mol. The Hall–Kier alpha value is -0.900. The minimum absolute atomic E-state index is 0.168. The molecule has 0 amide bonds. The lowest BCUT2D eigenvalue weighted by Gasteiger charge is -2.34. The Morgan fingerprint density at radius 2 is 1.91 bits per heavy atom. The average molecular weight is 304 g/mol. The summed E-state index contributed by atoms with van der Waals surface area (Å²) in [5, 5.41) is 0. The zero-order valence-corrected chi connectivity index (χ0v) is 13.7. The van der Waals surface area contributed by atoms with Crippen LogP contribution in [-0.4, -0.2) is 24.6 Å². The number of ether oxygens (including phenoxy) is 3. The highest BCUT2D eigenvalue weighted by atomic mass is 16.7. The minimum atomic E-state index is -0.331. The summed E-state index contributed by atoms with van der Waals surface area (Å²) < 4.78 is 18.6. The predicted octanol–water partition coefficient (Wildman–Crippen LogP) is 4.45. The number of hydrogen-bond donors (Lipinski definition) is 0. The van der Waals surface area contributed by atoms with E-state index in [1.165, 1.54) is 18.4 Å². The molecule has 2 saturated heterocycles. The molecule has 22 heavy (non-hydrogen) atoms. The second-order valence-electron chi connectivity index (χ2n) is 6.69. The van der Waals surface area contributed by atoms with Crippen molar-refractivity contribution in [3.63, 3.8) is 0 Å². The van der Waals surface area contributed by atoms with Gasteiger partial charge in [0.15, 0.2) is 5.79 Å². The fourth-order valence-corrected chi connectivity index (χ4v) is 3.58. The Labute approximate surface area is 134 Å². The fourth-order valence-electron chi connectivity index (χ4n) is 3.58. The molecule has 0 radical (unpaired) electrons. The maximum Gasteiger partial charge on any atom is 0.169 e. The quantitative estimate of drug-likeness (QED) is 0.804. The van der Waals surface area contributed by atoms with Crippen molar-refractivity contribution >= 4 is 0 Å². The lowest BCUT2D eigenvalue weighted by atomic mass is 9.96. The van der Waals surface area contributed by atoms with Gasteiger partial charge in [0.1, 0.15) is 0 Å². The Morgan fingerprint density at radius 3 is 2.73 bits per heavy atom. The van der Waals surface area contributed by atoms with E-state index >= 15 is 0 Å². The van der Waals surface area contributed by atoms with E-state index in [2.05, 4.69) is 31.2 Å². The molecule has 0 aromatic heterocycles. The van der Waals surface area contributed by atoms with E-state index in [-0.39, 0.29) is 11.4 Å². The van der Waals surface area contributed by atoms with Gasteiger partial charge in [-0.1, -0.05) is 43.7 Å². The molecule has 2 aliphatic heterocycles. The third-order valence-corrected chi connectivity index (χ3v) is 5.05. The van der Waals surface area contributed by atoms with Gasteiger partial charge in [-0.3, -0.25) is 0 Å². The molecule has 0 saturated carbocycles. The molecule has 3 rings (SSSR count). The molecule has 2 unspecified atom stereocenters. The van der Waals surface area contributed by atoms with E-state index in [0.29, 0.717) is 13.2 Å². The molecule has 2 fully saturated rings. The summed E-state index contributed by atoms with van der Waals surface area (Å²) in [5.74, 6) is -0.331. The maximum atomic E-state index is 6.50. The summed E-state index contributed by atoms with van der Waals surface area (Å²) in [6.45, 7) is 4.34. The summed E-state index contributed by atoms with van der Waals surface area (Å²) in [4.78, 5) is 0. The largest absolute Gasteiger partial charge is 0.374 e. The third-order valence-electron chi connectivity index (χ3n) is 5.05. The second kappa shape index (κ2) is 7.12. The molecule has 3 nitrogen and oxygen atoms in total. The first-order chi connectivity index (χ1) is 10.8. The van der Waals surface area contributed by atoms with Gasteiger partial charge < -0.3 is 14.2 Å². The Bertz CT molecular complexity index is 451. The topological polar surface area (TPSA) is 27.7 Å². The van der Waals surface area contributed by atoms with Crippen LogP contribution in [0.1, 0.15) is 57.4 Å². The highest BCUT2D eigenvalue weighted by Gasteiger charge is 2.49. The van der Waals surface area contributed by atoms with Crippen molar-refractivity contribution in [2.24, 2.45) is 0 Å². The van der Waals surface area contributed by atoms with Gasteiger partial charge >= 0.3 is 0 Å². The van der Waals surface area contributed by atoms with Gasteiger partial charge in [0, 0.05) is 12.8 Å². The van der Waals surface area contributed by atoms with Gasteiger partial charge in [0.2, 0.25) is 0 Å². The van der Waals surface area contributed by atoms with Gasteiger partial charge in [-0.15, -0.1) is 0 Å². The zero-order valence-electron chi connectivity index (χ0n) is 13.7. The van der Waals surface area contributed by atoms with Crippen molar-refractivity contribution in [1.82, 2.24) is 0 Å². The van der Waals surface area contributed by atoms with Gasteiger partial charge in [0.25, 0.3) is 0 Å². The molecule has 122 valence electrons. The standard InChI is InChI=1S/C19H28O3/c1-2-18(16-20-15-17-9-5-3-6-10-17)12-13-19(22-18)11-7-4-8-14-21-19/h3,5-6,9-10H,2,4,7-8,11-16H2,1H3. The molecule has 3 heteroatoms. The van der Waals surface area contributed by atoms with Gasteiger partial charge in [0.05, 0.1) is 25.4 Å². The fraction of sp³-hybridized carbons (Fsp3) is 0.684. The van der Waals surface area contributed by atoms with E-state index in [1.54, 1.807) is 0 Å². The van der Waals surface area contributed by atoms with Crippen LogP contribution >= 0.6 is 0 Å². The Kier molecular flexibility index (Phi) is 5.17. The van der Waals surface area contributed by atoms with Crippen LogP contribution in [0.3, 0.4) is 0 Å². The minimum Gasteiger partial charge on any atom is -0.374 e. The summed E-state index contributed by atoms with van der Waals surface area (Å²) in [6.07, 6.45) is 7.70. The van der Waals surface area contributed by atoms with Crippen molar-refractivity contribution in [1.29, 1.82) is 0 Å². The first-order valence-corrected chi connectivity index (χ1v) is 8.72. The van der Waals surface area contributed by atoms with E-state index < -0.39 is 0 Å². The summed E-state index contributed by atoms with van der Waals surface area (Å²) in [6, 6.07) is 10.3. The van der Waals surface area contributed by atoms with E-state index in [9.17, 15) is 0 Å². The van der Waals surface area contributed by atoms with Gasteiger partial charge in [-0.25, -0.2) is 0 Å². The molecule has 0 aliphatic carbocycles. The lowest BCUT2D eigenvalue weighted by Crippen LogP contribution is -2.40. The molecule has 2 heterocycles. The molecule has 0 N–H and O–H groups in total. The van der Waals surface area contributed by atoms with Crippen LogP contribution in [0, 0.1) is 0 Å². The molecule has 0 bridgehead atoms. The first kappa shape index (κ1) is 16.0. The van der Waals surface area contributed by atoms with Crippen molar-refractivity contribution in [2.45, 2.75) is 69.9 Å². The van der Waals surface area contributed by atoms with Crippen LogP contribution in [-0.2, 0) is 20.8 Å². The summed E-state index contributed by atoms with van der Waals surface area (Å²) >= 11 is 0. The van der Waals surface area contributed by atoms with E-state index in [4.69, 9.17) is 14.2 Å². The number of rotatable bonds is 5. The summed E-state index contributed by atoms with van der Waals surface area (Å²) in [7, 11) is 0. The Morgan fingerprint density at radius 1 is 1.05 bits per heavy atom. The van der Waals surface area contributed by atoms with Crippen LogP contribution < -0.4 is 0 Å². The molecular formula is C19H28O3. The third kappa shape index (κ3) is 3.70. The molecule has 1 aromatic rings. The molecule has 2 atom stereocenters. The smallest absolute Gasteiger partial charge is 0.169 e. The van der Waals surface area contributed by atoms with E-state index in [1.807, 2.05) is 6.07 Å². The summed E-state index contributed by atoms with van der Waals surface area (Å²) in [5.41, 5.74) is 1.05. The lowest BCUT2D eigenvalue weighted by molar-refractivity contribution is -0.260. The SMILES string of the molecule is CCC1(COCc2ccccc2)CCC2(CCCCCO2)O1. The highest BCUT2D eigenvalue weighted by molar-refractivity contribution is 5.13. The monoisotopic (exact) mass is 304 g/mol. The Balaban J connectivity index is 1.56. The maximum absolute atomic E-state index is 6.50. The average Bonchev–Trinajstić information content (AvgIpc) is 2.75. The predicted molar refractivity (Wildman–Crippen MR) is 86.6 cm³/mol. The van der Waals surface area contributed by atoms with Crippen LogP contribution in [0.5, 0.6) is 0 Å². The molecule has 1 spiro atoms. The zero-order chi connectivity index (χ0) is 15.3. The first-order valence-electron chi connectivity index (χ1n) is 8.72.